The molecule has 0 spiro atoms. The molecule has 0 bridgehead atoms. The molecule has 3 fully saturated rings. The normalized spacial score (nSPS) is 15.7. The number of fused-ring (bicyclic) bond motifs is 6. The number of ether oxygens (including phenoxy) is 10. The lowest BCUT2D eigenvalue weighted by molar-refractivity contribution is 0.0944. The van der Waals surface area contributed by atoms with Gasteiger partial charge in [0.15, 0.2) is 57.5 Å². The van der Waals surface area contributed by atoms with E-state index in [4.69, 9.17) is 76.6 Å². The van der Waals surface area contributed by atoms with Crippen molar-refractivity contribution in [1.29, 1.82) is 0 Å². The molecule has 11 aromatic carbocycles. The van der Waals surface area contributed by atoms with Crippen LogP contribution in [0, 0.1) is 5.92 Å². The van der Waals surface area contributed by atoms with Crippen molar-refractivity contribution in [2.24, 2.45) is 35.1 Å². The van der Waals surface area contributed by atoms with Crippen LogP contribution in [0.2, 0.25) is 0 Å². The van der Waals surface area contributed by atoms with Crippen LogP contribution in [0.5, 0.6) is 57.5 Å². The predicted molar refractivity (Wildman–Crippen MR) is 531 cm³/mol. The van der Waals surface area contributed by atoms with Crippen molar-refractivity contribution in [2.45, 2.75) is 147 Å². The number of nitrogens with zero attached hydrogens (tertiary/aromatic N) is 5. The summed E-state index contributed by atoms with van der Waals surface area (Å²) in [6.07, 6.45) is 17.2. The number of anilines is 5. The summed E-state index contributed by atoms with van der Waals surface area (Å²) in [6, 6.07) is 60.8. The molecular weight excluding hydrogens is 1820 g/mol. The monoisotopic (exact) mass is 1930 g/mol. The van der Waals surface area contributed by atoms with Gasteiger partial charge in [-0.15, -0.1) is 0 Å². The molecule has 3 saturated carbocycles. The molecule has 10 amide bonds. The molecular formula is C107H113N15O20. The largest absolute Gasteiger partial charge is 0.493 e. The van der Waals surface area contributed by atoms with Crippen molar-refractivity contribution in [1.82, 2.24) is 27.1 Å². The summed E-state index contributed by atoms with van der Waals surface area (Å²) >= 11 is 0. The Balaban J connectivity index is 0.000000128. The maximum absolute atomic E-state index is 13.1. The third-order valence-electron chi connectivity index (χ3n) is 26.8. The lowest BCUT2D eigenvalue weighted by Gasteiger charge is -2.25. The summed E-state index contributed by atoms with van der Waals surface area (Å²) < 4.78 is 57.1. The Labute approximate surface area is 820 Å². The Morgan fingerprint density at radius 3 is 0.859 bits per heavy atom. The summed E-state index contributed by atoms with van der Waals surface area (Å²) in [7, 11) is 9.53. The standard InChI is InChI=1S/C25H23N3O4.2C22H25N3O4.C21H23N3O4.C17H17N3O4/c1-31-22-11-9-18(13-23(22)32-21-10-8-15-4-2-3-5-19(15)21)28-14-17-7-6-16(24(29)27-26)12-20(17)25(28)30;1-28-19-9-8-17(11-20(19)29-13-14-4-2-3-5-14)25-12-16-7-6-15(21(26)24-23)10-18(16)22(25)27;1-28-19-10-9-16(12-20(19)29-17-5-3-2-4-6-17)25-13-15-8-7-14(21(26)24-23)11-18(15)22(25)27;1-27-18-9-8-15(11-19(18)28-16-4-2-3-5-16)24-12-14-7-6-13(20(25)23-22)10-17(14)21(24)26;1-23-14-6-5-12(8-15(14)24-2)20-9-11-4-3-10(16(21)19-18)7-13(11)17(20)22/h2-7,9,11-13,21H,8,10,14,26H2,1H3,(H,27,29);6-11,14H,2-5,12-13,23H2,1H3,(H,24,26);7-12,17H,2-6,13,23H2,1H3,(H,24,26);6-11,16H,2-5,12,22H2,1H3,(H,23,25);3-8H,9,18H2,1-2H3,(H,19,21). The zero-order chi connectivity index (χ0) is 99.9. The Hall–Kier alpha value is -16.1. The maximum atomic E-state index is 13.1. The molecule has 5 aliphatic heterocycles. The minimum Gasteiger partial charge on any atom is -0.493 e. The molecule has 20 rings (SSSR count). The van der Waals surface area contributed by atoms with Gasteiger partial charge >= 0.3 is 0 Å². The Morgan fingerprint density at radius 2 is 0.549 bits per heavy atom. The van der Waals surface area contributed by atoms with E-state index in [0.29, 0.717) is 170 Å². The number of nitrogens with one attached hydrogen (secondary N) is 5. The van der Waals surface area contributed by atoms with Crippen molar-refractivity contribution in [3.8, 4) is 57.5 Å². The van der Waals surface area contributed by atoms with Gasteiger partial charge in [-0.3, -0.25) is 75.1 Å². The van der Waals surface area contributed by atoms with Gasteiger partial charge in [-0.25, -0.2) is 29.2 Å². The van der Waals surface area contributed by atoms with E-state index in [9.17, 15) is 47.9 Å². The quantitative estimate of drug-likeness (QED) is 0.0144. The van der Waals surface area contributed by atoms with Gasteiger partial charge in [-0.05, 0) is 243 Å². The Bertz CT molecular complexity index is 6650. The number of hydrazine groups is 5. The molecule has 736 valence electrons. The van der Waals surface area contributed by atoms with E-state index in [0.717, 1.165) is 83.4 Å². The van der Waals surface area contributed by atoms with Crippen molar-refractivity contribution < 1.29 is 95.3 Å². The second kappa shape index (κ2) is 44.8. The van der Waals surface area contributed by atoms with Gasteiger partial charge in [-0.1, -0.05) is 73.9 Å². The van der Waals surface area contributed by atoms with E-state index >= 15 is 0 Å². The fourth-order valence-corrected chi connectivity index (χ4v) is 19.1. The molecule has 15 N–H and O–H groups in total. The van der Waals surface area contributed by atoms with Crippen LogP contribution in [0.1, 0.15) is 239 Å². The molecule has 5 heterocycles. The third-order valence-corrected chi connectivity index (χ3v) is 26.8. The summed E-state index contributed by atoms with van der Waals surface area (Å²) in [5.41, 5.74) is 25.1. The van der Waals surface area contributed by atoms with Gasteiger partial charge in [0.2, 0.25) is 0 Å². The predicted octanol–water partition coefficient (Wildman–Crippen LogP) is 14.0. The highest BCUT2D eigenvalue weighted by Gasteiger charge is 2.38. The SMILES string of the molecule is COc1ccc(N2Cc3ccc(C(=O)NN)cc3C2=O)cc1OC.COc1ccc(N2Cc3ccc(C(=O)NN)cc3C2=O)cc1OC1CCCC1.COc1ccc(N2Cc3ccc(C(=O)NN)cc3C2=O)cc1OC1CCCCC1.COc1ccc(N2Cc3ccc(C(=O)NN)cc3C2=O)cc1OC1CCc2ccccc21.COc1ccc(N2Cc3ccc(C(=O)NN)cc3C2=O)cc1OCC1CCCC1. The smallest absolute Gasteiger partial charge is 0.265 e. The second-order valence-electron chi connectivity index (χ2n) is 35.3. The lowest BCUT2D eigenvalue weighted by atomic mass is 9.98. The maximum Gasteiger partial charge on any atom is 0.265 e. The van der Waals surface area contributed by atoms with E-state index < -0.39 is 29.5 Å². The minimum absolute atomic E-state index is 0.0563. The number of amides is 10. The molecule has 35 heteroatoms. The Kier molecular flexibility index (Phi) is 31.2. The number of nitrogen functional groups attached to an aromatic ring is 5. The zero-order valence-electron chi connectivity index (χ0n) is 79.6. The molecule has 0 aromatic heterocycles. The second-order valence-corrected chi connectivity index (χ2v) is 35.3. The molecule has 9 aliphatic rings. The molecule has 35 nitrogen and oxygen atoms in total. The van der Waals surface area contributed by atoms with Crippen molar-refractivity contribution in [3.05, 3.63) is 301 Å². The first kappa shape index (κ1) is 98.9. The van der Waals surface area contributed by atoms with Crippen LogP contribution >= 0.6 is 0 Å². The number of carbonyl (C=O) groups is 10. The number of hydrogen-bond donors (Lipinski definition) is 10. The van der Waals surface area contributed by atoms with Crippen LogP contribution in [0.4, 0.5) is 28.4 Å². The van der Waals surface area contributed by atoms with Gasteiger partial charge in [0.05, 0.1) is 94.2 Å². The highest BCUT2D eigenvalue weighted by molar-refractivity contribution is 6.15. The third kappa shape index (κ3) is 21.5. The number of hydrogen-bond acceptors (Lipinski definition) is 25. The van der Waals surface area contributed by atoms with E-state index in [1.165, 1.54) is 68.9 Å². The van der Waals surface area contributed by atoms with Gasteiger partial charge in [0.1, 0.15) is 6.10 Å². The summed E-state index contributed by atoms with van der Waals surface area (Å²) in [4.78, 5) is 132. The lowest BCUT2D eigenvalue weighted by Crippen LogP contribution is -2.30. The fourth-order valence-electron chi connectivity index (χ4n) is 19.1. The van der Waals surface area contributed by atoms with Crippen LogP contribution in [-0.4, -0.2) is 121 Å². The van der Waals surface area contributed by atoms with E-state index in [1.807, 2.05) is 84.9 Å². The first-order valence-corrected chi connectivity index (χ1v) is 46.9. The molecule has 0 radical (unpaired) electrons. The Morgan fingerprint density at radius 1 is 0.282 bits per heavy atom. The number of rotatable bonds is 25. The molecule has 4 aliphatic carbocycles. The van der Waals surface area contributed by atoms with Crippen molar-refractivity contribution in [2.75, 3.05) is 73.8 Å². The van der Waals surface area contributed by atoms with Crippen LogP contribution in [-0.2, 0) is 39.1 Å². The van der Waals surface area contributed by atoms with Crippen LogP contribution < -0.4 is 128 Å². The summed E-state index contributed by atoms with van der Waals surface area (Å²) in [5.74, 6) is 29.8. The number of benzene rings is 11. The van der Waals surface area contributed by atoms with Crippen molar-refractivity contribution in [3.63, 3.8) is 0 Å². The summed E-state index contributed by atoms with van der Waals surface area (Å²) in [6.45, 7) is 2.81. The van der Waals surface area contributed by atoms with E-state index in [-0.39, 0.29) is 47.8 Å². The van der Waals surface area contributed by atoms with E-state index in [1.54, 1.807) is 176 Å². The first-order chi connectivity index (χ1) is 69.0. The average Bonchev–Trinajstić information content (AvgIpc) is 1.64. The molecule has 0 saturated heterocycles. The van der Waals surface area contributed by atoms with Gasteiger partial charge < -0.3 is 71.9 Å². The summed E-state index contributed by atoms with van der Waals surface area (Å²) in [5, 5.41) is 0. The number of aryl methyl sites for hydroxylation is 1. The van der Waals surface area contributed by atoms with E-state index in [2.05, 4.69) is 39.3 Å². The van der Waals surface area contributed by atoms with Gasteiger partial charge in [0, 0.05) is 114 Å². The zero-order valence-corrected chi connectivity index (χ0v) is 79.6. The first-order valence-electron chi connectivity index (χ1n) is 46.9. The highest BCUT2D eigenvalue weighted by Crippen LogP contribution is 2.46. The average molecular weight is 1930 g/mol. The highest BCUT2D eigenvalue weighted by atomic mass is 16.5. The van der Waals surface area contributed by atoms with Crippen LogP contribution in [0.3, 0.4) is 0 Å². The number of carbonyl (C=O) groups excluding carboxylic acids is 10. The molecule has 1 atom stereocenters. The van der Waals surface area contributed by atoms with Gasteiger partial charge in [0.25, 0.3) is 59.1 Å². The fraction of sp³-hybridized carbons (Fsp3) is 0.290. The van der Waals surface area contributed by atoms with Crippen LogP contribution in [0.25, 0.3) is 0 Å². The number of nitrogens with two attached hydrogens (primary N) is 5. The minimum atomic E-state index is -0.435. The van der Waals surface area contributed by atoms with Gasteiger partial charge in [-0.2, -0.15) is 0 Å². The number of methoxy groups -OCH3 is 6. The molecule has 11 aromatic rings. The molecule has 142 heavy (non-hydrogen) atoms. The topological polar surface area (TPSA) is 469 Å². The van der Waals surface area contributed by atoms with Crippen LogP contribution in [0.15, 0.2) is 206 Å². The molecule has 1 unspecified atom stereocenters. The van der Waals surface area contributed by atoms with Crippen molar-refractivity contribution >= 4 is 87.5 Å².